The predicted octanol–water partition coefficient (Wildman–Crippen LogP) is 0.602. The van der Waals surface area contributed by atoms with Gasteiger partial charge in [0.1, 0.15) is 5.75 Å². The van der Waals surface area contributed by atoms with Crippen molar-refractivity contribution < 1.29 is 13.2 Å². The second-order valence-corrected chi connectivity index (χ2v) is 7.11. The van der Waals surface area contributed by atoms with E-state index in [1.807, 2.05) is 14.1 Å². The first-order chi connectivity index (χ1) is 9.36. The summed E-state index contributed by atoms with van der Waals surface area (Å²) in [6, 6.07) is 4.83. The molecular weight excluding hydrogens is 278 g/mol. The van der Waals surface area contributed by atoms with Crippen LogP contribution in [-0.2, 0) is 10.0 Å². The first-order valence-electron chi connectivity index (χ1n) is 6.46. The minimum atomic E-state index is -3.48. The average Bonchev–Trinajstić information content (AvgIpc) is 2.89. The average molecular weight is 299 g/mol. The van der Waals surface area contributed by atoms with Gasteiger partial charge in [-0.2, -0.15) is 4.31 Å². The van der Waals surface area contributed by atoms with Gasteiger partial charge in [-0.05, 0) is 32.6 Å². The van der Waals surface area contributed by atoms with Gasteiger partial charge in [-0.3, -0.25) is 0 Å². The molecule has 1 fully saturated rings. The van der Waals surface area contributed by atoms with E-state index in [4.69, 9.17) is 10.5 Å². The number of rotatable bonds is 4. The van der Waals surface area contributed by atoms with Gasteiger partial charge in [-0.1, -0.05) is 0 Å². The Balaban J connectivity index is 2.27. The number of anilines is 1. The third-order valence-corrected chi connectivity index (χ3v) is 5.56. The van der Waals surface area contributed by atoms with Gasteiger partial charge in [0.05, 0.1) is 17.7 Å². The first-order valence-corrected chi connectivity index (χ1v) is 7.90. The van der Waals surface area contributed by atoms with Crippen molar-refractivity contribution in [3.8, 4) is 5.75 Å². The van der Waals surface area contributed by atoms with Gasteiger partial charge in [-0.25, -0.2) is 8.42 Å². The third-order valence-electron chi connectivity index (χ3n) is 3.70. The van der Waals surface area contributed by atoms with Crippen LogP contribution in [0.4, 0.5) is 5.69 Å². The first kappa shape index (κ1) is 15.1. The lowest BCUT2D eigenvalue weighted by Crippen LogP contribution is -2.34. The molecule has 2 N–H and O–H groups in total. The molecule has 0 spiro atoms. The van der Waals surface area contributed by atoms with Gasteiger partial charge in [0, 0.05) is 25.2 Å². The van der Waals surface area contributed by atoms with Crippen molar-refractivity contribution in [2.24, 2.45) is 0 Å². The summed E-state index contributed by atoms with van der Waals surface area (Å²) in [5.41, 5.74) is 6.15. The Morgan fingerprint density at radius 1 is 1.40 bits per heavy atom. The molecule has 7 heteroatoms. The number of methoxy groups -OCH3 is 1. The van der Waals surface area contributed by atoms with E-state index in [9.17, 15) is 8.42 Å². The number of likely N-dealkylation sites (N-methyl/N-ethyl adjacent to an activating group) is 1. The number of sulfonamides is 1. The summed E-state index contributed by atoms with van der Waals surface area (Å²) in [5.74, 6) is 0.384. The van der Waals surface area contributed by atoms with Crippen LogP contribution < -0.4 is 10.5 Å². The van der Waals surface area contributed by atoms with Crippen molar-refractivity contribution in [2.75, 3.05) is 40.0 Å². The van der Waals surface area contributed by atoms with Crippen molar-refractivity contribution in [3.05, 3.63) is 18.2 Å². The SMILES string of the molecule is COc1cc(S(=O)(=O)N2CCC(N(C)C)C2)ccc1N. The molecule has 1 saturated heterocycles. The maximum Gasteiger partial charge on any atom is 0.243 e. The van der Waals surface area contributed by atoms with Gasteiger partial charge in [0.25, 0.3) is 0 Å². The fourth-order valence-corrected chi connectivity index (χ4v) is 3.86. The lowest BCUT2D eigenvalue weighted by Gasteiger charge is -2.20. The molecule has 1 aromatic carbocycles. The normalized spacial score (nSPS) is 20.5. The van der Waals surface area contributed by atoms with Crippen molar-refractivity contribution >= 4 is 15.7 Å². The van der Waals surface area contributed by atoms with E-state index in [1.54, 1.807) is 6.07 Å². The summed E-state index contributed by atoms with van der Waals surface area (Å²) >= 11 is 0. The molecule has 1 aliphatic heterocycles. The smallest absolute Gasteiger partial charge is 0.243 e. The van der Waals surface area contributed by atoms with E-state index < -0.39 is 10.0 Å². The van der Waals surface area contributed by atoms with Crippen LogP contribution in [0.2, 0.25) is 0 Å². The monoisotopic (exact) mass is 299 g/mol. The molecule has 0 aliphatic carbocycles. The van der Waals surface area contributed by atoms with E-state index >= 15 is 0 Å². The van der Waals surface area contributed by atoms with Crippen LogP contribution in [0, 0.1) is 0 Å². The van der Waals surface area contributed by atoms with Gasteiger partial charge >= 0.3 is 0 Å². The molecule has 0 bridgehead atoms. The van der Waals surface area contributed by atoms with Crippen LogP contribution in [0.5, 0.6) is 5.75 Å². The van der Waals surface area contributed by atoms with E-state index in [0.717, 1.165) is 6.42 Å². The number of nitrogens with zero attached hydrogens (tertiary/aromatic N) is 2. The molecule has 1 heterocycles. The molecule has 0 saturated carbocycles. The quantitative estimate of drug-likeness (QED) is 0.824. The van der Waals surface area contributed by atoms with E-state index in [-0.39, 0.29) is 10.9 Å². The number of nitrogens with two attached hydrogens (primary N) is 1. The fraction of sp³-hybridized carbons (Fsp3) is 0.538. The molecule has 6 nitrogen and oxygen atoms in total. The van der Waals surface area contributed by atoms with E-state index in [0.29, 0.717) is 24.5 Å². The molecule has 2 rings (SSSR count). The van der Waals surface area contributed by atoms with Crippen LogP contribution in [0.25, 0.3) is 0 Å². The molecule has 20 heavy (non-hydrogen) atoms. The van der Waals surface area contributed by atoms with Crippen molar-refractivity contribution in [2.45, 2.75) is 17.4 Å². The number of hydrogen-bond donors (Lipinski definition) is 1. The summed E-state index contributed by atoms with van der Waals surface area (Å²) < 4.78 is 31.8. The zero-order valence-electron chi connectivity index (χ0n) is 12.0. The zero-order chi connectivity index (χ0) is 14.9. The molecule has 1 unspecified atom stereocenters. The summed E-state index contributed by atoms with van der Waals surface area (Å²) in [6.07, 6.45) is 0.846. The van der Waals surface area contributed by atoms with Crippen LogP contribution >= 0.6 is 0 Å². The highest BCUT2D eigenvalue weighted by Crippen LogP contribution is 2.28. The maximum atomic E-state index is 12.6. The van der Waals surface area contributed by atoms with Crippen LogP contribution in [0.3, 0.4) is 0 Å². The zero-order valence-corrected chi connectivity index (χ0v) is 12.9. The minimum absolute atomic E-state index is 0.225. The van der Waals surface area contributed by atoms with Crippen molar-refractivity contribution in [1.82, 2.24) is 9.21 Å². The fourth-order valence-electron chi connectivity index (χ4n) is 2.35. The molecule has 1 aliphatic rings. The van der Waals surface area contributed by atoms with Gasteiger partial charge in [-0.15, -0.1) is 0 Å². The van der Waals surface area contributed by atoms with Crippen molar-refractivity contribution in [3.63, 3.8) is 0 Å². The standard InChI is InChI=1S/C13H21N3O3S/c1-15(2)10-6-7-16(9-10)20(17,18)11-4-5-12(14)13(8-11)19-3/h4-5,8,10H,6-7,9,14H2,1-3H3. The lowest BCUT2D eigenvalue weighted by atomic mass is 10.2. The van der Waals surface area contributed by atoms with Crippen LogP contribution in [0.1, 0.15) is 6.42 Å². The summed E-state index contributed by atoms with van der Waals surface area (Å²) in [6.45, 7) is 1.06. The molecular formula is C13H21N3O3S. The van der Waals surface area contributed by atoms with E-state index in [1.165, 1.54) is 23.5 Å². The van der Waals surface area contributed by atoms with Crippen molar-refractivity contribution in [1.29, 1.82) is 0 Å². The summed E-state index contributed by atoms with van der Waals surface area (Å²) in [7, 11) is 1.92. The number of hydrogen-bond acceptors (Lipinski definition) is 5. The highest BCUT2D eigenvalue weighted by molar-refractivity contribution is 7.89. The number of benzene rings is 1. The highest BCUT2D eigenvalue weighted by atomic mass is 32.2. The molecule has 0 amide bonds. The lowest BCUT2D eigenvalue weighted by molar-refractivity contribution is 0.302. The Hall–Kier alpha value is -1.31. The second-order valence-electron chi connectivity index (χ2n) is 5.17. The Morgan fingerprint density at radius 3 is 2.65 bits per heavy atom. The van der Waals surface area contributed by atoms with Gasteiger partial charge < -0.3 is 15.4 Å². The maximum absolute atomic E-state index is 12.6. The highest BCUT2D eigenvalue weighted by Gasteiger charge is 2.33. The minimum Gasteiger partial charge on any atom is -0.495 e. The van der Waals surface area contributed by atoms with Crippen LogP contribution in [0.15, 0.2) is 23.1 Å². The molecule has 0 aromatic heterocycles. The number of nitrogen functional groups attached to an aromatic ring is 1. The second kappa shape index (κ2) is 5.59. The largest absolute Gasteiger partial charge is 0.495 e. The molecule has 0 radical (unpaired) electrons. The van der Waals surface area contributed by atoms with Gasteiger partial charge in [0.2, 0.25) is 10.0 Å². The predicted molar refractivity (Wildman–Crippen MR) is 78.3 cm³/mol. The molecule has 112 valence electrons. The van der Waals surface area contributed by atoms with Crippen LogP contribution in [-0.4, -0.2) is 58.0 Å². The van der Waals surface area contributed by atoms with Gasteiger partial charge in [0.15, 0.2) is 0 Å². The summed E-state index contributed by atoms with van der Waals surface area (Å²) in [4.78, 5) is 2.28. The summed E-state index contributed by atoms with van der Waals surface area (Å²) in [5, 5.41) is 0. The Labute approximate surface area is 120 Å². The van der Waals surface area contributed by atoms with E-state index in [2.05, 4.69) is 4.90 Å². The Kier molecular flexibility index (Phi) is 4.22. The molecule has 1 atom stereocenters. The Morgan fingerprint density at radius 2 is 2.10 bits per heavy atom. The third kappa shape index (κ3) is 2.74. The molecule has 1 aromatic rings. The topological polar surface area (TPSA) is 75.9 Å². The Bertz CT molecular complexity index is 587. The number of ether oxygens (including phenoxy) is 1.